The molecule has 0 aromatic heterocycles. The fraction of sp³-hybridized carbons (Fsp3) is 0.349. The average molecular weight is 1030 g/mol. The number of rotatable bonds is 12. The Morgan fingerprint density at radius 1 is 0.537 bits per heavy atom. The fourth-order valence-corrected chi connectivity index (χ4v) is 7.78. The Bertz CT molecular complexity index is 2390. The van der Waals surface area contributed by atoms with Gasteiger partial charge in [-0.25, -0.2) is 18.4 Å². The largest absolute Gasteiger partial charge is 0.465 e. The molecule has 2 N–H and O–H groups in total. The van der Waals surface area contributed by atoms with Crippen LogP contribution in [0.15, 0.2) is 82.6 Å². The number of alkyl halides is 14. The van der Waals surface area contributed by atoms with E-state index in [1.165, 1.54) is 11.8 Å². The first-order valence-electron chi connectivity index (χ1n) is 18.7. The number of aryl methyl sites for hydroxylation is 2. The maximum absolute atomic E-state index is 14.4. The molecule has 0 fully saturated rings. The van der Waals surface area contributed by atoms with Crippen molar-refractivity contribution in [2.24, 2.45) is 0 Å². The number of anilines is 1. The minimum atomic E-state index is -6.34. The van der Waals surface area contributed by atoms with E-state index in [-0.39, 0.29) is 40.6 Å². The molecule has 0 heterocycles. The Morgan fingerprint density at radius 2 is 0.910 bits per heavy atom. The third-order valence-corrected chi connectivity index (χ3v) is 11.1. The summed E-state index contributed by atoms with van der Waals surface area (Å²) in [4.78, 5) is 48.8. The van der Waals surface area contributed by atoms with Crippen LogP contribution in [0, 0.1) is 13.8 Å². The minimum Gasteiger partial charge on any atom is -0.465 e. The molecule has 0 spiro atoms. The van der Waals surface area contributed by atoms with Gasteiger partial charge in [0.1, 0.15) is 0 Å². The first-order chi connectivity index (χ1) is 30.7. The Kier molecular flexibility index (Phi) is 19.8. The van der Waals surface area contributed by atoms with Crippen LogP contribution in [0.2, 0.25) is 0 Å². The summed E-state index contributed by atoms with van der Waals surface area (Å²) >= 11 is 8.45. The van der Waals surface area contributed by atoms with Crippen molar-refractivity contribution >= 4 is 63.8 Å². The zero-order chi connectivity index (χ0) is 51.7. The number of ether oxygens (including phenoxy) is 2. The van der Waals surface area contributed by atoms with Gasteiger partial charge in [0.25, 0.3) is 5.24 Å². The summed E-state index contributed by atoms with van der Waals surface area (Å²) < 4.78 is 191. The van der Waals surface area contributed by atoms with Gasteiger partial charge >= 0.3 is 48.0 Å². The lowest BCUT2D eigenvalue weighted by Gasteiger charge is -2.30. The van der Waals surface area contributed by atoms with Gasteiger partial charge in [-0.15, -0.1) is 23.5 Å². The average Bonchev–Trinajstić information content (AvgIpc) is 3.21. The summed E-state index contributed by atoms with van der Waals surface area (Å²) in [5, 5.41) is -0.379. The van der Waals surface area contributed by atoms with Crippen molar-refractivity contribution in [2.45, 2.75) is 79.9 Å². The molecule has 4 rings (SSSR count). The smallest absolute Gasteiger partial charge is 0.435 e. The van der Waals surface area contributed by atoms with E-state index in [0.717, 1.165) is 36.0 Å². The van der Waals surface area contributed by atoms with E-state index in [1.807, 2.05) is 32.9 Å². The van der Waals surface area contributed by atoms with Crippen molar-refractivity contribution in [2.75, 3.05) is 31.5 Å². The molecule has 4 aromatic rings. The standard InChI is InChI=1S/C22H19F7O3S.C11H8F7NO2.C10H11ClOS/c1-4-33-18-9-12(2)5-8-15(18)17(30)10-13-6-7-14(11-16(13)19(31)32-3)20(23,21(24,25)26)22(27,28)29;1-21-8(20)6-4-5(2-3-7(6)19)9(12,10(13,14)15)11(16,17)18;1-3-13-9-6-7(2)4-5-8(9)10(11)12/h5-9,11H,4,10H2,1-3H3;2-4H,19H2,1H3;4-6H,3H2,1-2H3. The number of halogens is 15. The molecule has 368 valence electrons. The second-order valence-corrected chi connectivity index (χ2v) is 16.7. The molecule has 0 saturated carbocycles. The molecular formula is C43H38ClF14NO6S2. The van der Waals surface area contributed by atoms with Crippen LogP contribution < -0.4 is 5.73 Å². The molecule has 0 saturated heterocycles. The summed E-state index contributed by atoms with van der Waals surface area (Å²) in [6.45, 7) is 7.73. The van der Waals surface area contributed by atoms with E-state index >= 15 is 0 Å². The van der Waals surface area contributed by atoms with Crippen LogP contribution in [-0.4, -0.2) is 73.4 Å². The number of carbonyl (C=O) groups is 4. The van der Waals surface area contributed by atoms with Crippen LogP contribution in [0.3, 0.4) is 0 Å². The van der Waals surface area contributed by atoms with Gasteiger partial charge < -0.3 is 15.2 Å². The predicted octanol–water partition coefficient (Wildman–Crippen LogP) is 13.4. The van der Waals surface area contributed by atoms with Crippen molar-refractivity contribution in [3.8, 4) is 0 Å². The van der Waals surface area contributed by atoms with E-state index < -0.39 is 88.1 Å². The van der Waals surface area contributed by atoms with Crippen LogP contribution in [0.1, 0.15) is 83.1 Å². The van der Waals surface area contributed by atoms with Crippen molar-refractivity contribution in [1.29, 1.82) is 0 Å². The van der Waals surface area contributed by atoms with Gasteiger partial charge in [0.2, 0.25) is 0 Å². The second kappa shape index (κ2) is 22.8. The Balaban J connectivity index is 0.000000385. The summed E-state index contributed by atoms with van der Waals surface area (Å²) in [5.41, 5.74) is -9.05. The number of Topliss-reactive ketones (excluding diaryl/α,β-unsaturated/α-hetero) is 1. The van der Waals surface area contributed by atoms with Gasteiger partial charge in [0, 0.05) is 44.2 Å². The lowest BCUT2D eigenvalue weighted by molar-refractivity contribution is -0.349. The summed E-state index contributed by atoms with van der Waals surface area (Å²) in [6, 6.07) is 12.6. The van der Waals surface area contributed by atoms with Crippen LogP contribution in [-0.2, 0) is 27.2 Å². The lowest BCUT2D eigenvalue weighted by Crippen LogP contribution is -2.50. The third kappa shape index (κ3) is 13.6. The van der Waals surface area contributed by atoms with Gasteiger partial charge in [-0.2, -0.15) is 52.7 Å². The van der Waals surface area contributed by atoms with E-state index in [0.29, 0.717) is 28.3 Å². The molecule has 67 heavy (non-hydrogen) atoms. The quantitative estimate of drug-likeness (QED) is 0.0370. The number of ketones is 1. The topological polar surface area (TPSA) is 113 Å². The van der Waals surface area contributed by atoms with Crippen LogP contribution in [0.25, 0.3) is 0 Å². The molecule has 0 amide bonds. The highest BCUT2D eigenvalue weighted by Gasteiger charge is 2.74. The number of nitrogen functional groups attached to an aromatic ring is 1. The molecule has 0 aliphatic carbocycles. The summed E-state index contributed by atoms with van der Waals surface area (Å²) in [5.74, 6) is -1.54. The SMILES string of the molecule is CCSc1cc(C)ccc1C(=O)Cc1ccc(C(F)(C(F)(F)F)C(F)(F)F)cc1C(=O)OC.CCSc1cc(C)ccc1C(=O)Cl.COC(=O)c1cc(C(F)(C(F)(F)F)C(F)(F)F)ccc1N. The number of thioether (sulfide) groups is 2. The third-order valence-electron chi connectivity index (χ3n) is 9.07. The molecule has 0 atom stereocenters. The van der Waals surface area contributed by atoms with E-state index in [2.05, 4.69) is 16.4 Å². The van der Waals surface area contributed by atoms with Gasteiger partial charge in [-0.1, -0.05) is 50.2 Å². The Morgan fingerprint density at radius 3 is 1.30 bits per heavy atom. The number of benzene rings is 4. The van der Waals surface area contributed by atoms with Crippen molar-refractivity contribution in [3.63, 3.8) is 0 Å². The maximum Gasteiger partial charge on any atom is 0.435 e. The van der Waals surface area contributed by atoms with Crippen molar-refractivity contribution in [3.05, 3.63) is 123 Å². The van der Waals surface area contributed by atoms with Crippen LogP contribution in [0.5, 0.6) is 0 Å². The zero-order valence-corrected chi connectivity index (χ0v) is 38.0. The highest BCUT2D eigenvalue weighted by atomic mass is 35.5. The van der Waals surface area contributed by atoms with Crippen molar-refractivity contribution < 1.29 is 90.1 Å². The number of hydrogen-bond donors (Lipinski definition) is 1. The highest BCUT2D eigenvalue weighted by Crippen LogP contribution is 2.55. The molecule has 24 heteroatoms. The Hall–Kier alpha value is -5.03. The molecule has 7 nitrogen and oxygen atoms in total. The predicted molar refractivity (Wildman–Crippen MR) is 223 cm³/mol. The maximum atomic E-state index is 14.4. The number of esters is 2. The van der Waals surface area contributed by atoms with Gasteiger partial charge in [0.05, 0.1) is 25.3 Å². The Labute approximate surface area is 387 Å². The number of methoxy groups -OCH3 is 2. The van der Waals surface area contributed by atoms with Gasteiger partial charge in [-0.3, -0.25) is 9.59 Å². The summed E-state index contributed by atoms with van der Waals surface area (Å²) in [7, 11) is 1.69. The molecule has 0 bridgehead atoms. The van der Waals surface area contributed by atoms with E-state index in [1.54, 1.807) is 36.0 Å². The number of nitrogens with two attached hydrogens (primary N) is 1. The first-order valence-corrected chi connectivity index (χ1v) is 21.1. The number of carbonyl (C=O) groups excluding carboxylic acids is 4. The normalized spacial score (nSPS) is 12.3. The second-order valence-electron chi connectivity index (χ2n) is 13.7. The molecule has 0 radical (unpaired) electrons. The molecule has 4 aromatic carbocycles. The lowest BCUT2D eigenvalue weighted by atomic mass is 9.89. The van der Waals surface area contributed by atoms with Crippen LogP contribution >= 0.6 is 35.1 Å². The first kappa shape index (κ1) is 58.1. The molecule has 0 aliphatic rings. The van der Waals surface area contributed by atoms with Crippen molar-refractivity contribution in [1.82, 2.24) is 0 Å². The molecule has 0 aliphatic heterocycles. The minimum absolute atomic E-state index is 0.0716. The van der Waals surface area contributed by atoms with E-state index in [9.17, 15) is 80.6 Å². The summed E-state index contributed by atoms with van der Waals surface area (Å²) in [6.07, 6.45) is -25.7. The molecular weight excluding hydrogens is 992 g/mol. The zero-order valence-electron chi connectivity index (χ0n) is 35.6. The van der Waals surface area contributed by atoms with Gasteiger partial charge in [0.15, 0.2) is 5.78 Å². The number of hydrogen-bond acceptors (Lipinski definition) is 9. The fourth-order valence-electron chi connectivity index (χ4n) is 5.75. The monoisotopic (exact) mass is 1030 g/mol. The van der Waals surface area contributed by atoms with Crippen LogP contribution in [0.4, 0.5) is 67.2 Å². The molecule has 0 unspecified atom stereocenters. The van der Waals surface area contributed by atoms with Gasteiger partial charge in [-0.05, 0) is 90.0 Å². The van der Waals surface area contributed by atoms with E-state index in [4.69, 9.17) is 17.3 Å². The highest BCUT2D eigenvalue weighted by molar-refractivity contribution is 7.99.